The average molecular weight is 528 g/mol. The lowest BCUT2D eigenvalue weighted by atomic mass is 9.64. The Kier molecular flexibility index (Phi) is 5.49. The van der Waals surface area contributed by atoms with Crippen molar-refractivity contribution in [2.24, 2.45) is 0 Å². The number of fused-ring (bicyclic) bond motifs is 9. The summed E-state index contributed by atoms with van der Waals surface area (Å²) >= 11 is 0. The third-order valence-electron chi connectivity index (χ3n) is 8.26. The van der Waals surface area contributed by atoms with Crippen LogP contribution in [0.3, 0.4) is 0 Å². The van der Waals surface area contributed by atoms with E-state index in [0.717, 1.165) is 33.8 Å². The second kappa shape index (κ2) is 9.09. The van der Waals surface area contributed by atoms with Crippen molar-refractivity contribution in [3.63, 3.8) is 0 Å². The molecule has 1 aliphatic carbocycles. The number of anilines is 3. The molecule has 1 heterocycles. The van der Waals surface area contributed by atoms with Gasteiger partial charge in [0.15, 0.2) is 23.0 Å². The van der Waals surface area contributed by atoms with Crippen molar-refractivity contribution in [3.8, 4) is 34.1 Å². The predicted molar refractivity (Wildman–Crippen MR) is 158 cm³/mol. The van der Waals surface area contributed by atoms with E-state index in [1.54, 1.807) is 28.4 Å². The van der Waals surface area contributed by atoms with Gasteiger partial charge in [0.1, 0.15) is 0 Å². The Bertz CT molecular complexity index is 1760. The number of rotatable bonds is 5. The van der Waals surface area contributed by atoms with Gasteiger partial charge in [-0.25, -0.2) is 0 Å². The zero-order valence-corrected chi connectivity index (χ0v) is 22.9. The van der Waals surface area contributed by atoms with E-state index in [4.69, 9.17) is 18.9 Å². The molecule has 1 spiro atoms. The van der Waals surface area contributed by atoms with Crippen molar-refractivity contribution < 1.29 is 18.9 Å². The van der Waals surface area contributed by atoms with E-state index in [1.807, 2.05) is 6.07 Å². The van der Waals surface area contributed by atoms with Crippen LogP contribution in [-0.4, -0.2) is 28.4 Å². The Balaban J connectivity index is 1.69. The molecule has 0 saturated carbocycles. The molecule has 1 aliphatic heterocycles. The van der Waals surface area contributed by atoms with Crippen LogP contribution in [0.2, 0.25) is 0 Å². The second-order valence-electron chi connectivity index (χ2n) is 9.96. The Morgan fingerprint density at radius 1 is 0.450 bits per heavy atom. The van der Waals surface area contributed by atoms with Gasteiger partial charge in [-0.05, 0) is 69.8 Å². The van der Waals surface area contributed by atoms with Crippen LogP contribution < -0.4 is 23.8 Å². The molecule has 5 heteroatoms. The van der Waals surface area contributed by atoms with Crippen LogP contribution in [0.25, 0.3) is 11.1 Å². The molecular weight excluding hydrogens is 498 g/mol. The van der Waals surface area contributed by atoms with E-state index in [0.29, 0.717) is 23.0 Å². The Morgan fingerprint density at radius 3 is 1.70 bits per heavy atom. The molecule has 0 fully saturated rings. The van der Waals surface area contributed by atoms with E-state index < -0.39 is 5.41 Å². The van der Waals surface area contributed by atoms with Crippen molar-refractivity contribution in [2.45, 2.75) is 5.41 Å². The van der Waals surface area contributed by atoms with Crippen molar-refractivity contribution in [1.29, 1.82) is 0 Å². The van der Waals surface area contributed by atoms with Crippen LogP contribution >= 0.6 is 0 Å². The van der Waals surface area contributed by atoms with E-state index in [-0.39, 0.29) is 0 Å². The summed E-state index contributed by atoms with van der Waals surface area (Å²) in [5, 5.41) is 0. The minimum Gasteiger partial charge on any atom is -0.493 e. The van der Waals surface area contributed by atoms with Crippen LogP contribution in [0.4, 0.5) is 17.1 Å². The van der Waals surface area contributed by atoms with Crippen LogP contribution in [0.5, 0.6) is 23.0 Å². The molecule has 0 saturated heterocycles. The van der Waals surface area contributed by atoms with Crippen LogP contribution in [0.15, 0.2) is 103 Å². The number of benzene rings is 5. The third-order valence-corrected chi connectivity index (χ3v) is 8.26. The summed E-state index contributed by atoms with van der Waals surface area (Å²) in [5.74, 6) is 2.75. The maximum Gasteiger partial charge on any atom is 0.162 e. The number of nitrogens with zero attached hydrogens (tertiary/aromatic N) is 1. The van der Waals surface area contributed by atoms with Crippen molar-refractivity contribution >= 4 is 17.1 Å². The monoisotopic (exact) mass is 527 g/mol. The fourth-order valence-electron chi connectivity index (χ4n) is 6.65. The minimum absolute atomic E-state index is 0.637. The van der Waals surface area contributed by atoms with Crippen molar-refractivity contribution in [2.75, 3.05) is 33.3 Å². The largest absolute Gasteiger partial charge is 0.493 e. The minimum atomic E-state index is -0.637. The zero-order chi connectivity index (χ0) is 27.4. The summed E-state index contributed by atoms with van der Waals surface area (Å²) in [7, 11) is 6.74. The van der Waals surface area contributed by atoms with E-state index in [9.17, 15) is 0 Å². The Labute approximate surface area is 234 Å². The first-order valence-corrected chi connectivity index (χ1v) is 13.2. The normalized spacial score (nSPS) is 16.1. The molecule has 7 rings (SSSR count). The van der Waals surface area contributed by atoms with E-state index >= 15 is 0 Å². The first-order valence-electron chi connectivity index (χ1n) is 13.2. The Morgan fingerprint density at radius 2 is 1.00 bits per heavy atom. The van der Waals surface area contributed by atoms with Gasteiger partial charge in [-0.1, -0.05) is 60.7 Å². The molecule has 1 unspecified atom stereocenters. The van der Waals surface area contributed by atoms with Gasteiger partial charge in [-0.3, -0.25) is 0 Å². The van der Waals surface area contributed by atoms with Gasteiger partial charge in [0.25, 0.3) is 0 Å². The molecule has 0 radical (unpaired) electrons. The lowest BCUT2D eigenvalue weighted by Crippen LogP contribution is -2.36. The fraction of sp³-hybridized carbons (Fsp3) is 0.143. The highest BCUT2D eigenvalue weighted by Gasteiger charge is 2.52. The first kappa shape index (κ1) is 24.2. The highest BCUT2D eigenvalue weighted by Crippen LogP contribution is 2.65. The summed E-state index contributed by atoms with van der Waals surface area (Å²) in [6, 6.07) is 36.3. The summed E-state index contributed by atoms with van der Waals surface area (Å²) < 4.78 is 23.4. The topological polar surface area (TPSA) is 40.2 Å². The summed E-state index contributed by atoms with van der Waals surface area (Å²) in [6.07, 6.45) is 0. The van der Waals surface area contributed by atoms with Crippen LogP contribution in [-0.2, 0) is 5.41 Å². The molecule has 5 nitrogen and oxygen atoms in total. The number of hydrogen-bond acceptors (Lipinski definition) is 5. The van der Waals surface area contributed by atoms with E-state index in [2.05, 4.69) is 102 Å². The van der Waals surface area contributed by atoms with E-state index in [1.165, 1.54) is 16.7 Å². The SMILES string of the molecule is COc1cc2c(cc1OC)C1(c3ccccc3-2)c2ccccc2N(c2ccccc2)c2cc(OC)c(OC)cc21. The quantitative estimate of drug-likeness (QED) is 0.228. The molecule has 5 aromatic carbocycles. The van der Waals surface area contributed by atoms with Crippen molar-refractivity contribution in [3.05, 3.63) is 125 Å². The van der Waals surface area contributed by atoms with Gasteiger partial charge in [-0.2, -0.15) is 0 Å². The molecule has 0 bridgehead atoms. The summed E-state index contributed by atoms with van der Waals surface area (Å²) in [4.78, 5) is 2.32. The number of methoxy groups -OCH3 is 4. The first-order chi connectivity index (χ1) is 19.7. The Hall–Kier alpha value is -4.90. The van der Waals surface area contributed by atoms with Crippen molar-refractivity contribution in [1.82, 2.24) is 0 Å². The molecule has 198 valence electrons. The average Bonchev–Trinajstić information content (AvgIpc) is 3.30. The van der Waals surface area contributed by atoms with Gasteiger partial charge in [0.05, 0.1) is 45.2 Å². The second-order valence-corrected chi connectivity index (χ2v) is 9.96. The summed E-state index contributed by atoms with van der Waals surface area (Å²) in [6.45, 7) is 0. The standard InChI is InChI=1S/C35H29NO4/c1-37-31-18-24-23-14-8-9-15-25(23)35(27(24)19-32(31)38-2)26-16-10-11-17-29(26)36(22-12-6-5-7-13-22)30-21-34(40-4)33(39-3)20-28(30)35/h5-21H,1-4H3. The number of hydrogen-bond donors (Lipinski definition) is 0. The van der Waals surface area contributed by atoms with Gasteiger partial charge in [0, 0.05) is 11.8 Å². The van der Waals surface area contributed by atoms with Gasteiger partial charge in [-0.15, -0.1) is 0 Å². The zero-order valence-electron chi connectivity index (χ0n) is 22.9. The van der Waals surface area contributed by atoms with Gasteiger partial charge in [0.2, 0.25) is 0 Å². The highest BCUT2D eigenvalue weighted by atomic mass is 16.5. The molecule has 0 amide bonds. The molecule has 0 aromatic heterocycles. The van der Waals surface area contributed by atoms with Gasteiger partial charge >= 0.3 is 0 Å². The lowest BCUT2D eigenvalue weighted by molar-refractivity contribution is 0.353. The van der Waals surface area contributed by atoms with Gasteiger partial charge < -0.3 is 23.8 Å². The molecule has 40 heavy (non-hydrogen) atoms. The number of ether oxygens (including phenoxy) is 4. The highest BCUT2D eigenvalue weighted by molar-refractivity contribution is 5.97. The lowest BCUT2D eigenvalue weighted by Gasteiger charge is -2.45. The fourth-order valence-corrected chi connectivity index (χ4v) is 6.65. The number of para-hydroxylation sites is 2. The maximum absolute atomic E-state index is 5.90. The maximum atomic E-state index is 5.90. The van der Waals surface area contributed by atoms with Crippen LogP contribution in [0, 0.1) is 0 Å². The smallest absolute Gasteiger partial charge is 0.162 e. The summed E-state index contributed by atoms with van der Waals surface area (Å²) in [5.41, 5.74) is 9.47. The predicted octanol–water partition coefficient (Wildman–Crippen LogP) is 7.87. The van der Waals surface area contributed by atoms with Crippen LogP contribution in [0.1, 0.15) is 22.3 Å². The third kappa shape index (κ3) is 3.09. The molecule has 5 aromatic rings. The molecule has 0 N–H and O–H groups in total. The molecule has 1 atom stereocenters. The molecular formula is C35H29NO4. The molecule has 2 aliphatic rings.